The third-order valence-corrected chi connectivity index (χ3v) is 3.62. The number of hydrogen-bond acceptors (Lipinski definition) is 4. The minimum atomic E-state index is 0.314. The van der Waals surface area contributed by atoms with Crippen LogP contribution in [0.4, 0.5) is 5.69 Å². The number of nitrogens with one attached hydrogen (secondary N) is 1. The summed E-state index contributed by atoms with van der Waals surface area (Å²) in [5.74, 6) is 0.314. The molecular weight excluding hydrogens is 244 g/mol. The van der Waals surface area contributed by atoms with E-state index in [0.29, 0.717) is 5.75 Å². The van der Waals surface area contributed by atoms with Gasteiger partial charge in [-0.2, -0.15) is 0 Å². The smallest absolute Gasteiger partial charge is 0.123 e. The van der Waals surface area contributed by atoms with E-state index >= 15 is 0 Å². The van der Waals surface area contributed by atoms with Gasteiger partial charge in [-0.25, -0.2) is 0 Å². The van der Waals surface area contributed by atoms with Gasteiger partial charge in [0.15, 0.2) is 0 Å². The molecule has 0 radical (unpaired) electrons. The summed E-state index contributed by atoms with van der Waals surface area (Å²) in [6, 6.07) is 11.4. The van der Waals surface area contributed by atoms with Crippen LogP contribution in [-0.2, 0) is 6.54 Å². The maximum Gasteiger partial charge on any atom is 0.123 e. The molecule has 0 amide bonds. The minimum absolute atomic E-state index is 0.314. The number of hydrogen-bond donors (Lipinski definition) is 2. The average molecular weight is 256 g/mol. The van der Waals surface area contributed by atoms with Gasteiger partial charge in [-0.15, -0.1) is 11.3 Å². The molecule has 0 aliphatic heterocycles. The minimum Gasteiger partial charge on any atom is -0.507 e. The molecule has 0 aliphatic rings. The maximum absolute atomic E-state index is 9.81. The number of benzene rings is 2. The summed E-state index contributed by atoms with van der Waals surface area (Å²) >= 11 is 1.63. The van der Waals surface area contributed by atoms with Crippen LogP contribution in [0.2, 0.25) is 0 Å². The van der Waals surface area contributed by atoms with Crippen LogP contribution in [0.1, 0.15) is 4.88 Å². The average Bonchev–Trinajstić information content (AvgIpc) is 2.90. The molecule has 0 saturated carbocycles. The van der Waals surface area contributed by atoms with Crippen molar-refractivity contribution in [2.75, 3.05) is 5.32 Å². The van der Waals surface area contributed by atoms with Crippen molar-refractivity contribution >= 4 is 27.8 Å². The number of rotatable bonds is 3. The lowest BCUT2D eigenvalue weighted by atomic mass is 10.1. The molecule has 0 spiro atoms. The van der Waals surface area contributed by atoms with Crippen molar-refractivity contribution in [2.45, 2.75) is 6.54 Å². The van der Waals surface area contributed by atoms with Crippen LogP contribution in [-0.4, -0.2) is 10.1 Å². The molecule has 2 aromatic carbocycles. The Kier molecular flexibility index (Phi) is 2.86. The van der Waals surface area contributed by atoms with E-state index in [1.54, 1.807) is 17.4 Å². The molecule has 90 valence electrons. The molecule has 3 aromatic rings. The predicted octanol–water partition coefficient (Wildman–Crippen LogP) is 3.61. The van der Waals surface area contributed by atoms with Gasteiger partial charge in [-0.3, -0.25) is 4.98 Å². The zero-order chi connectivity index (χ0) is 12.4. The Morgan fingerprint density at radius 2 is 1.94 bits per heavy atom. The van der Waals surface area contributed by atoms with E-state index in [1.807, 2.05) is 42.0 Å². The van der Waals surface area contributed by atoms with Crippen LogP contribution >= 0.6 is 11.3 Å². The first-order valence-electron chi connectivity index (χ1n) is 5.66. The molecule has 0 aliphatic carbocycles. The largest absolute Gasteiger partial charge is 0.507 e. The highest BCUT2D eigenvalue weighted by Crippen LogP contribution is 2.30. The van der Waals surface area contributed by atoms with Gasteiger partial charge < -0.3 is 10.4 Å². The number of thiazole rings is 1. The number of aromatic hydroxyl groups is 1. The van der Waals surface area contributed by atoms with Crippen molar-refractivity contribution in [1.29, 1.82) is 0 Å². The van der Waals surface area contributed by atoms with E-state index in [0.717, 1.165) is 23.0 Å². The fourth-order valence-electron chi connectivity index (χ4n) is 1.96. The maximum atomic E-state index is 9.81. The SMILES string of the molecule is Oc1cccc2c(NCc3cncs3)cccc12. The van der Waals surface area contributed by atoms with E-state index < -0.39 is 0 Å². The summed E-state index contributed by atoms with van der Waals surface area (Å²) in [5, 5.41) is 15.1. The Balaban J connectivity index is 1.94. The van der Waals surface area contributed by atoms with Crippen LogP contribution in [0.3, 0.4) is 0 Å². The molecule has 1 heterocycles. The monoisotopic (exact) mass is 256 g/mol. The van der Waals surface area contributed by atoms with E-state index in [2.05, 4.69) is 10.3 Å². The van der Waals surface area contributed by atoms with Gasteiger partial charge in [-0.05, 0) is 12.1 Å². The highest BCUT2D eigenvalue weighted by Gasteiger charge is 2.03. The Bertz CT molecular complexity index is 665. The van der Waals surface area contributed by atoms with Crippen molar-refractivity contribution in [3.05, 3.63) is 53.0 Å². The lowest BCUT2D eigenvalue weighted by molar-refractivity contribution is 0.481. The highest BCUT2D eigenvalue weighted by molar-refractivity contribution is 7.09. The second kappa shape index (κ2) is 4.66. The number of phenols is 1. The lowest BCUT2D eigenvalue weighted by Crippen LogP contribution is -1.97. The van der Waals surface area contributed by atoms with E-state index in [-0.39, 0.29) is 0 Å². The van der Waals surface area contributed by atoms with Gasteiger partial charge in [0.05, 0.1) is 12.1 Å². The van der Waals surface area contributed by atoms with Gasteiger partial charge >= 0.3 is 0 Å². The summed E-state index contributed by atoms with van der Waals surface area (Å²) in [6.45, 7) is 0.749. The summed E-state index contributed by atoms with van der Waals surface area (Å²) in [5.41, 5.74) is 2.85. The number of phenolic OH excluding ortho intramolecular Hbond substituents is 1. The van der Waals surface area contributed by atoms with Gasteiger partial charge in [0.2, 0.25) is 0 Å². The first-order chi connectivity index (χ1) is 8.84. The standard InChI is InChI=1S/C14H12N2OS/c17-14-6-2-3-11-12(14)4-1-5-13(11)16-8-10-7-15-9-18-10/h1-7,9,16-17H,8H2. The van der Waals surface area contributed by atoms with Gasteiger partial charge in [0.25, 0.3) is 0 Å². The van der Waals surface area contributed by atoms with E-state index in [4.69, 9.17) is 0 Å². The third-order valence-electron chi connectivity index (χ3n) is 2.84. The zero-order valence-corrected chi connectivity index (χ0v) is 10.4. The Morgan fingerprint density at radius 1 is 1.11 bits per heavy atom. The summed E-state index contributed by atoms with van der Waals surface area (Å²) < 4.78 is 0. The number of aromatic nitrogens is 1. The quantitative estimate of drug-likeness (QED) is 0.752. The van der Waals surface area contributed by atoms with Crippen molar-refractivity contribution in [3.63, 3.8) is 0 Å². The van der Waals surface area contributed by atoms with Gasteiger partial charge in [0, 0.05) is 27.5 Å². The van der Waals surface area contributed by atoms with E-state index in [1.165, 1.54) is 4.88 Å². The number of nitrogens with zero attached hydrogens (tertiary/aromatic N) is 1. The fraction of sp³-hybridized carbons (Fsp3) is 0.0714. The van der Waals surface area contributed by atoms with Crippen LogP contribution < -0.4 is 5.32 Å². The van der Waals surface area contributed by atoms with Crippen molar-refractivity contribution in [2.24, 2.45) is 0 Å². The molecule has 0 atom stereocenters. The first-order valence-corrected chi connectivity index (χ1v) is 6.54. The van der Waals surface area contributed by atoms with Crippen LogP contribution in [0.15, 0.2) is 48.1 Å². The second-order valence-corrected chi connectivity index (χ2v) is 4.97. The van der Waals surface area contributed by atoms with Crippen molar-refractivity contribution in [1.82, 2.24) is 4.98 Å². The van der Waals surface area contributed by atoms with Crippen LogP contribution in [0, 0.1) is 0 Å². The van der Waals surface area contributed by atoms with Crippen molar-refractivity contribution < 1.29 is 5.11 Å². The van der Waals surface area contributed by atoms with Gasteiger partial charge in [0.1, 0.15) is 5.75 Å². The molecule has 0 saturated heterocycles. The molecule has 18 heavy (non-hydrogen) atoms. The van der Waals surface area contributed by atoms with Gasteiger partial charge in [-0.1, -0.05) is 24.3 Å². The molecule has 3 rings (SSSR count). The number of anilines is 1. The Hall–Kier alpha value is -2.07. The molecular formula is C14H12N2OS. The third kappa shape index (κ3) is 2.02. The first kappa shape index (κ1) is 11.0. The van der Waals surface area contributed by atoms with E-state index in [9.17, 15) is 5.11 Å². The Labute approximate surface area is 109 Å². The van der Waals surface area contributed by atoms with Crippen molar-refractivity contribution in [3.8, 4) is 5.75 Å². The van der Waals surface area contributed by atoms with Crippen LogP contribution in [0.5, 0.6) is 5.75 Å². The molecule has 4 heteroatoms. The number of fused-ring (bicyclic) bond motifs is 1. The fourth-order valence-corrected chi connectivity index (χ4v) is 2.49. The molecule has 0 fully saturated rings. The normalized spacial score (nSPS) is 10.7. The summed E-state index contributed by atoms with van der Waals surface area (Å²) in [7, 11) is 0. The highest BCUT2D eigenvalue weighted by atomic mass is 32.1. The molecule has 0 unspecified atom stereocenters. The summed E-state index contributed by atoms with van der Waals surface area (Å²) in [4.78, 5) is 5.24. The second-order valence-electron chi connectivity index (χ2n) is 4.00. The topological polar surface area (TPSA) is 45.1 Å². The zero-order valence-electron chi connectivity index (χ0n) is 9.63. The predicted molar refractivity (Wildman–Crippen MR) is 75.1 cm³/mol. The summed E-state index contributed by atoms with van der Waals surface area (Å²) in [6.07, 6.45) is 1.86. The molecule has 2 N–H and O–H groups in total. The molecule has 3 nitrogen and oxygen atoms in total. The molecule has 0 bridgehead atoms. The lowest BCUT2D eigenvalue weighted by Gasteiger charge is -2.09. The molecule has 1 aromatic heterocycles. The van der Waals surface area contributed by atoms with Crippen LogP contribution in [0.25, 0.3) is 10.8 Å². The Morgan fingerprint density at radius 3 is 2.78 bits per heavy atom.